The summed E-state index contributed by atoms with van der Waals surface area (Å²) >= 11 is 0. The lowest BCUT2D eigenvalue weighted by molar-refractivity contribution is 0.0690. The molecular formula is C9H8N2O4. The highest BCUT2D eigenvalue weighted by Gasteiger charge is 2.09. The van der Waals surface area contributed by atoms with Gasteiger partial charge in [0.25, 0.3) is 6.01 Å². The van der Waals surface area contributed by atoms with Crippen molar-refractivity contribution in [3.05, 3.63) is 36.1 Å². The molecule has 2 N–H and O–H groups in total. The van der Waals surface area contributed by atoms with E-state index in [2.05, 4.69) is 10.3 Å². The smallest absolute Gasteiger partial charge is 0.357 e. The number of carbonyl (C=O) groups is 1. The molecule has 0 aliphatic carbocycles. The van der Waals surface area contributed by atoms with Crippen molar-refractivity contribution in [3.63, 3.8) is 0 Å². The Bertz CT molecular complexity index is 446. The maximum atomic E-state index is 10.5. The monoisotopic (exact) mass is 208 g/mol. The third-order valence-electron chi connectivity index (χ3n) is 1.75. The Morgan fingerprint density at radius 1 is 1.53 bits per heavy atom. The number of furan rings is 1. The van der Waals surface area contributed by atoms with Gasteiger partial charge >= 0.3 is 5.97 Å². The molecule has 2 rings (SSSR count). The van der Waals surface area contributed by atoms with Gasteiger partial charge in [-0.15, -0.1) is 0 Å². The van der Waals surface area contributed by atoms with Gasteiger partial charge in [-0.05, 0) is 6.07 Å². The Morgan fingerprint density at radius 3 is 3.00 bits per heavy atom. The quantitative estimate of drug-likeness (QED) is 0.792. The fraction of sp³-hybridized carbons (Fsp3) is 0.111. The molecule has 2 aromatic heterocycles. The summed E-state index contributed by atoms with van der Waals surface area (Å²) < 4.78 is 9.75. The molecule has 0 aromatic carbocycles. The molecule has 0 amide bonds. The summed E-state index contributed by atoms with van der Waals surface area (Å²) in [6.07, 6.45) is 4.21. The first-order valence-corrected chi connectivity index (χ1v) is 4.19. The second kappa shape index (κ2) is 3.87. The molecule has 6 nitrogen and oxygen atoms in total. The average Bonchev–Trinajstić information content (AvgIpc) is 2.86. The van der Waals surface area contributed by atoms with E-state index in [1.165, 1.54) is 0 Å². The van der Waals surface area contributed by atoms with Crippen molar-refractivity contribution in [2.45, 2.75) is 6.54 Å². The molecule has 2 aromatic rings. The Morgan fingerprint density at radius 2 is 2.40 bits per heavy atom. The number of aromatic nitrogens is 1. The Hall–Kier alpha value is -2.24. The molecular weight excluding hydrogens is 200 g/mol. The molecule has 0 atom stereocenters. The van der Waals surface area contributed by atoms with E-state index in [9.17, 15) is 4.79 Å². The van der Waals surface area contributed by atoms with Gasteiger partial charge in [-0.25, -0.2) is 4.79 Å². The van der Waals surface area contributed by atoms with Crippen LogP contribution in [-0.4, -0.2) is 16.1 Å². The van der Waals surface area contributed by atoms with E-state index >= 15 is 0 Å². The number of nitrogens with zero attached hydrogens (tertiary/aromatic N) is 1. The van der Waals surface area contributed by atoms with E-state index in [-0.39, 0.29) is 11.7 Å². The number of carboxylic acids is 1. The highest BCUT2D eigenvalue weighted by atomic mass is 16.4. The van der Waals surface area contributed by atoms with Crippen molar-refractivity contribution in [1.82, 2.24) is 4.98 Å². The van der Waals surface area contributed by atoms with Crippen LogP contribution >= 0.6 is 0 Å². The van der Waals surface area contributed by atoms with Crippen LogP contribution in [0.3, 0.4) is 0 Å². The first-order valence-electron chi connectivity index (χ1n) is 4.19. The van der Waals surface area contributed by atoms with Gasteiger partial charge in [-0.1, -0.05) is 0 Å². The first-order chi connectivity index (χ1) is 7.25. The van der Waals surface area contributed by atoms with Crippen LogP contribution in [0.4, 0.5) is 6.01 Å². The predicted molar refractivity (Wildman–Crippen MR) is 49.5 cm³/mol. The van der Waals surface area contributed by atoms with Crippen LogP contribution in [0, 0.1) is 0 Å². The average molecular weight is 208 g/mol. The third-order valence-corrected chi connectivity index (χ3v) is 1.75. The zero-order valence-electron chi connectivity index (χ0n) is 7.64. The maximum absolute atomic E-state index is 10.5. The molecule has 78 valence electrons. The summed E-state index contributed by atoms with van der Waals surface area (Å²) in [6, 6.07) is 1.96. The van der Waals surface area contributed by atoms with Crippen LogP contribution in [0.5, 0.6) is 0 Å². The number of rotatable bonds is 4. The minimum absolute atomic E-state index is 0.121. The largest absolute Gasteiger partial charge is 0.476 e. The molecule has 0 aliphatic heterocycles. The van der Waals surface area contributed by atoms with Gasteiger partial charge in [0.2, 0.25) is 0 Å². The Kier molecular flexibility index (Phi) is 2.40. The lowest BCUT2D eigenvalue weighted by Crippen LogP contribution is -2.00. The Labute approximate surface area is 84.5 Å². The maximum Gasteiger partial charge on any atom is 0.357 e. The summed E-state index contributed by atoms with van der Waals surface area (Å²) in [4.78, 5) is 14.2. The van der Waals surface area contributed by atoms with Crippen LogP contribution in [0.2, 0.25) is 0 Å². The van der Waals surface area contributed by atoms with Crippen molar-refractivity contribution in [2.75, 3.05) is 5.32 Å². The van der Waals surface area contributed by atoms with Crippen molar-refractivity contribution in [1.29, 1.82) is 0 Å². The van der Waals surface area contributed by atoms with E-state index in [4.69, 9.17) is 13.9 Å². The molecule has 0 saturated heterocycles. The number of carboxylic acid groups (broad SMARTS) is 1. The number of aromatic carboxylic acids is 1. The molecule has 6 heteroatoms. The topological polar surface area (TPSA) is 88.5 Å². The fourth-order valence-corrected chi connectivity index (χ4v) is 1.02. The van der Waals surface area contributed by atoms with Crippen molar-refractivity contribution < 1.29 is 18.7 Å². The Balaban J connectivity index is 1.96. The van der Waals surface area contributed by atoms with Crippen molar-refractivity contribution in [2.24, 2.45) is 0 Å². The summed E-state index contributed by atoms with van der Waals surface area (Å²) in [5.74, 6) is -1.12. The van der Waals surface area contributed by atoms with Crippen LogP contribution in [0.25, 0.3) is 0 Å². The van der Waals surface area contributed by atoms with E-state index in [0.717, 1.165) is 11.8 Å². The zero-order chi connectivity index (χ0) is 10.7. The molecule has 0 unspecified atom stereocenters. The van der Waals surface area contributed by atoms with Crippen LogP contribution in [-0.2, 0) is 6.54 Å². The second-order valence-electron chi connectivity index (χ2n) is 2.83. The molecule has 15 heavy (non-hydrogen) atoms. The van der Waals surface area contributed by atoms with Gasteiger partial charge in [-0.3, -0.25) is 0 Å². The number of anilines is 1. The molecule has 2 heterocycles. The van der Waals surface area contributed by atoms with Crippen LogP contribution in [0.15, 0.2) is 33.7 Å². The highest BCUT2D eigenvalue weighted by Crippen LogP contribution is 2.09. The molecule has 0 aliphatic rings. The molecule has 0 spiro atoms. The third kappa shape index (κ3) is 2.16. The van der Waals surface area contributed by atoms with Gasteiger partial charge < -0.3 is 19.3 Å². The van der Waals surface area contributed by atoms with E-state index in [1.807, 2.05) is 0 Å². The normalized spacial score (nSPS) is 10.1. The fourth-order valence-electron chi connectivity index (χ4n) is 1.02. The van der Waals surface area contributed by atoms with Crippen molar-refractivity contribution >= 4 is 12.0 Å². The number of oxazole rings is 1. The molecule has 0 bridgehead atoms. The predicted octanol–water partition coefficient (Wildman–Crippen LogP) is 1.58. The number of hydrogen-bond acceptors (Lipinski definition) is 5. The second-order valence-corrected chi connectivity index (χ2v) is 2.83. The summed E-state index contributed by atoms with van der Waals surface area (Å²) in [5, 5.41) is 11.4. The summed E-state index contributed by atoms with van der Waals surface area (Å²) in [6.45, 7) is 0.468. The molecule has 0 radical (unpaired) electrons. The number of nitrogens with one attached hydrogen (secondary N) is 1. The van der Waals surface area contributed by atoms with E-state index in [0.29, 0.717) is 6.54 Å². The highest BCUT2D eigenvalue weighted by molar-refractivity contribution is 5.85. The van der Waals surface area contributed by atoms with E-state index < -0.39 is 5.97 Å². The van der Waals surface area contributed by atoms with Crippen LogP contribution < -0.4 is 5.32 Å². The minimum Gasteiger partial charge on any atom is -0.476 e. The summed E-state index contributed by atoms with van der Waals surface area (Å²) in [5.41, 5.74) is 0.801. The van der Waals surface area contributed by atoms with Gasteiger partial charge in [-0.2, -0.15) is 4.98 Å². The van der Waals surface area contributed by atoms with Gasteiger partial charge in [0.15, 0.2) is 5.69 Å². The molecule has 0 saturated carbocycles. The van der Waals surface area contributed by atoms with Crippen LogP contribution in [0.1, 0.15) is 16.1 Å². The SMILES string of the molecule is O=C(O)c1coc(NCc2ccoc2)n1. The van der Waals surface area contributed by atoms with Gasteiger partial charge in [0.05, 0.1) is 12.5 Å². The zero-order valence-corrected chi connectivity index (χ0v) is 7.64. The molecule has 0 fully saturated rings. The standard InChI is InChI=1S/C9H8N2O4/c12-8(13)7-5-15-9(11-7)10-3-6-1-2-14-4-6/h1-2,4-5H,3H2,(H,10,11)(H,12,13). The first kappa shape index (κ1) is 9.32. The van der Waals surface area contributed by atoms with E-state index in [1.54, 1.807) is 18.6 Å². The lowest BCUT2D eigenvalue weighted by atomic mass is 10.3. The lowest BCUT2D eigenvalue weighted by Gasteiger charge is -1.96. The number of hydrogen-bond donors (Lipinski definition) is 2. The minimum atomic E-state index is -1.12. The van der Waals surface area contributed by atoms with Gasteiger partial charge in [0, 0.05) is 12.1 Å². The van der Waals surface area contributed by atoms with Crippen molar-refractivity contribution in [3.8, 4) is 0 Å². The van der Waals surface area contributed by atoms with Gasteiger partial charge in [0.1, 0.15) is 6.26 Å². The summed E-state index contributed by atoms with van der Waals surface area (Å²) in [7, 11) is 0.